The van der Waals surface area contributed by atoms with Gasteiger partial charge in [-0.05, 0) is 79.1 Å². The fourth-order valence-corrected chi connectivity index (χ4v) is 5.07. The Morgan fingerprint density at radius 1 is 0.971 bits per heavy atom. The molecule has 1 aromatic carbocycles. The first kappa shape index (κ1) is 23.5. The standard InChI is InChI=1S/C30H35N3O2/c34-29(13-6-10-22-8-2-1-3-9-22)28-12-7-14-30(33-28)32-27-18-17-25(20-26(27)23-15-16-23)35-21-24-11-4-5-19-31-24/h4-5,7,11-12,14,17-20,22-23H,1-3,6,8-10,13,15-16,21H2,(H,32,33). The number of ether oxygens (including phenoxy) is 1. The Hall–Kier alpha value is -3.21. The number of carbonyl (C=O) groups is 1. The number of aromatic nitrogens is 2. The Balaban J connectivity index is 1.20. The van der Waals surface area contributed by atoms with E-state index in [4.69, 9.17) is 4.74 Å². The highest BCUT2D eigenvalue weighted by Gasteiger charge is 2.27. The highest BCUT2D eigenvalue weighted by atomic mass is 16.5. The van der Waals surface area contributed by atoms with Crippen molar-refractivity contribution in [2.45, 2.75) is 76.7 Å². The maximum absolute atomic E-state index is 12.8. The second-order valence-electron chi connectivity index (χ2n) is 9.99. The second-order valence-corrected chi connectivity index (χ2v) is 9.99. The Bertz CT molecular complexity index is 1120. The SMILES string of the molecule is O=C(CCCC1CCCCC1)c1cccc(Nc2ccc(OCc3ccccn3)cc2C2CC2)n1. The zero-order chi connectivity index (χ0) is 23.9. The molecule has 3 aromatic rings. The monoisotopic (exact) mass is 469 g/mol. The number of pyridine rings is 2. The number of anilines is 2. The van der Waals surface area contributed by atoms with Gasteiger partial charge in [-0.15, -0.1) is 0 Å². The molecule has 0 aliphatic heterocycles. The van der Waals surface area contributed by atoms with Gasteiger partial charge in [0.2, 0.25) is 0 Å². The maximum atomic E-state index is 12.8. The third kappa shape index (κ3) is 6.68. The van der Waals surface area contributed by atoms with Crippen molar-refractivity contribution in [2.24, 2.45) is 5.92 Å². The van der Waals surface area contributed by atoms with Crippen LogP contribution in [0.25, 0.3) is 0 Å². The molecule has 2 aliphatic carbocycles. The van der Waals surface area contributed by atoms with E-state index in [2.05, 4.69) is 27.4 Å². The van der Waals surface area contributed by atoms with Crippen LogP contribution >= 0.6 is 0 Å². The highest BCUT2D eigenvalue weighted by Crippen LogP contribution is 2.45. The van der Waals surface area contributed by atoms with E-state index in [0.717, 1.165) is 29.5 Å². The first-order valence-electron chi connectivity index (χ1n) is 13.2. The van der Waals surface area contributed by atoms with Gasteiger partial charge in [0.25, 0.3) is 0 Å². The van der Waals surface area contributed by atoms with Crippen LogP contribution in [0.4, 0.5) is 11.5 Å². The van der Waals surface area contributed by atoms with Gasteiger partial charge >= 0.3 is 0 Å². The summed E-state index contributed by atoms with van der Waals surface area (Å²) in [6, 6.07) is 17.7. The number of hydrogen-bond donors (Lipinski definition) is 1. The Kier molecular flexibility index (Phi) is 7.72. The summed E-state index contributed by atoms with van der Waals surface area (Å²) in [5.74, 6) is 3.06. The molecule has 2 fully saturated rings. The molecule has 0 bridgehead atoms. The molecule has 2 heterocycles. The zero-order valence-corrected chi connectivity index (χ0v) is 20.4. The largest absolute Gasteiger partial charge is 0.487 e. The first-order chi connectivity index (χ1) is 17.2. The lowest BCUT2D eigenvalue weighted by molar-refractivity contribution is 0.0972. The van der Waals surface area contributed by atoms with Crippen molar-refractivity contribution in [3.05, 3.63) is 77.7 Å². The van der Waals surface area contributed by atoms with Gasteiger partial charge in [-0.2, -0.15) is 0 Å². The molecule has 0 radical (unpaired) electrons. The van der Waals surface area contributed by atoms with Gasteiger partial charge < -0.3 is 10.1 Å². The number of hydrogen-bond acceptors (Lipinski definition) is 5. The fraction of sp³-hybridized carbons (Fsp3) is 0.433. The van der Waals surface area contributed by atoms with Crippen LogP contribution in [0.2, 0.25) is 0 Å². The number of nitrogens with one attached hydrogen (secondary N) is 1. The van der Waals surface area contributed by atoms with Crippen molar-refractivity contribution < 1.29 is 9.53 Å². The minimum Gasteiger partial charge on any atom is -0.487 e. The molecule has 5 heteroatoms. The highest BCUT2D eigenvalue weighted by molar-refractivity contribution is 5.94. The van der Waals surface area contributed by atoms with E-state index >= 15 is 0 Å². The Morgan fingerprint density at radius 3 is 2.66 bits per heavy atom. The van der Waals surface area contributed by atoms with Crippen molar-refractivity contribution in [2.75, 3.05) is 5.32 Å². The van der Waals surface area contributed by atoms with Crippen LogP contribution < -0.4 is 10.1 Å². The molecule has 0 unspecified atom stereocenters. The van der Waals surface area contributed by atoms with Crippen molar-refractivity contribution in [3.63, 3.8) is 0 Å². The van der Waals surface area contributed by atoms with E-state index in [1.807, 2.05) is 42.5 Å². The Morgan fingerprint density at radius 2 is 1.86 bits per heavy atom. The van der Waals surface area contributed by atoms with Crippen LogP contribution in [0, 0.1) is 5.92 Å². The predicted octanol–water partition coefficient (Wildman–Crippen LogP) is 7.61. The number of Topliss-reactive ketones (excluding diaryl/α,β-unsaturated/α-hetero) is 1. The smallest absolute Gasteiger partial charge is 0.181 e. The maximum Gasteiger partial charge on any atom is 0.181 e. The molecule has 5 nitrogen and oxygen atoms in total. The minimum absolute atomic E-state index is 0.144. The third-order valence-corrected chi connectivity index (χ3v) is 7.19. The number of rotatable bonds is 11. The molecule has 0 saturated heterocycles. The van der Waals surface area contributed by atoms with Gasteiger partial charge in [0.1, 0.15) is 23.9 Å². The van der Waals surface area contributed by atoms with E-state index in [1.54, 1.807) is 6.20 Å². The van der Waals surface area contributed by atoms with Crippen LogP contribution in [0.3, 0.4) is 0 Å². The van der Waals surface area contributed by atoms with Gasteiger partial charge in [-0.3, -0.25) is 9.78 Å². The number of ketones is 1. The van der Waals surface area contributed by atoms with E-state index < -0.39 is 0 Å². The lowest BCUT2D eigenvalue weighted by Crippen LogP contribution is -2.08. The first-order valence-corrected chi connectivity index (χ1v) is 13.2. The topological polar surface area (TPSA) is 64.1 Å². The summed E-state index contributed by atoms with van der Waals surface area (Å²) >= 11 is 0. The molecule has 1 N–H and O–H groups in total. The summed E-state index contributed by atoms with van der Waals surface area (Å²) in [4.78, 5) is 21.8. The molecule has 0 atom stereocenters. The van der Waals surface area contributed by atoms with Gasteiger partial charge in [-0.1, -0.05) is 50.7 Å². The molecular formula is C30H35N3O2. The average molecular weight is 470 g/mol. The molecule has 35 heavy (non-hydrogen) atoms. The van der Waals surface area contributed by atoms with Crippen molar-refractivity contribution in [1.82, 2.24) is 9.97 Å². The molecule has 0 amide bonds. The summed E-state index contributed by atoms with van der Waals surface area (Å²) in [7, 11) is 0. The average Bonchev–Trinajstić information content (AvgIpc) is 3.75. The van der Waals surface area contributed by atoms with E-state index in [0.29, 0.717) is 30.5 Å². The molecule has 5 rings (SSSR count). The normalized spacial score (nSPS) is 16.1. The lowest BCUT2D eigenvalue weighted by atomic mass is 9.85. The summed E-state index contributed by atoms with van der Waals surface area (Å²) in [5.41, 5.74) is 3.75. The van der Waals surface area contributed by atoms with Crippen molar-refractivity contribution in [3.8, 4) is 5.75 Å². The Labute approximate surface area is 208 Å². The number of benzene rings is 1. The summed E-state index contributed by atoms with van der Waals surface area (Å²) in [6.07, 6.45) is 13.6. The van der Waals surface area contributed by atoms with Gasteiger partial charge in [-0.25, -0.2) is 4.98 Å². The van der Waals surface area contributed by atoms with Crippen LogP contribution in [-0.4, -0.2) is 15.8 Å². The van der Waals surface area contributed by atoms with E-state index in [9.17, 15) is 4.79 Å². The predicted molar refractivity (Wildman–Crippen MR) is 139 cm³/mol. The fourth-order valence-electron chi connectivity index (χ4n) is 5.07. The summed E-state index contributed by atoms with van der Waals surface area (Å²) < 4.78 is 6.00. The third-order valence-electron chi connectivity index (χ3n) is 7.19. The number of carbonyl (C=O) groups excluding carboxylic acids is 1. The molecule has 182 valence electrons. The summed E-state index contributed by atoms with van der Waals surface area (Å²) in [6.45, 7) is 0.449. The van der Waals surface area contributed by atoms with Crippen LogP contribution in [0.1, 0.15) is 91.9 Å². The second kappa shape index (κ2) is 11.5. The van der Waals surface area contributed by atoms with Gasteiger partial charge in [0.05, 0.1) is 5.69 Å². The van der Waals surface area contributed by atoms with Crippen LogP contribution in [0.15, 0.2) is 60.8 Å². The number of nitrogens with zero attached hydrogens (tertiary/aromatic N) is 2. The lowest BCUT2D eigenvalue weighted by Gasteiger charge is -2.21. The molecule has 2 saturated carbocycles. The van der Waals surface area contributed by atoms with Gasteiger partial charge in [0.15, 0.2) is 5.78 Å². The summed E-state index contributed by atoms with van der Waals surface area (Å²) in [5, 5.41) is 3.47. The van der Waals surface area contributed by atoms with E-state index in [1.165, 1.54) is 56.9 Å². The minimum atomic E-state index is 0.144. The van der Waals surface area contributed by atoms with Gasteiger partial charge in [0, 0.05) is 18.3 Å². The zero-order valence-electron chi connectivity index (χ0n) is 20.4. The molecular weight excluding hydrogens is 434 g/mol. The van der Waals surface area contributed by atoms with Crippen molar-refractivity contribution >= 4 is 17.3 Å². The van der Waals surface area contributed by atoms with E-state index in [-0.39, 0.29) is 5.78 Å². The van der Waals surface area contributed by atoms with Crippen molar-refractivity contribution in [1.29, 1.82) is 0 Å². The molecule has 0 spiro atoms. The molecule has 2 aromatic heterocycles. The van der Waals surface area contributed by atoms with Crippen LogP contribution in [-0.2, 0) is 6.61 Å². The molecule has 2 aliphatic rings. The van der Waals surface area contributed by atoms with Crippen LogP contribution in [0.5, 0.6) is 5.75 Å². The quantitative estimate of drug-likeness (QED) is 0.293.